The van der Waals surface area contributed by atoms with Gasteiger partial charge in [0.1, 0.15) is 6.04 Å². The standard InChI is InChI=1S/C10H14N2O2S/c11-8-3-6(1-2-7(8)5-15)4-9(12)10(13)14/h1-3,9,15H,4-5,11-12H2,(H,13,14)/t9-/m0/s1. The van der Waals surface area contributed by atoms with Crippen LogP contribution in [0.15, 0.2) is 18.2 Å². The minimum atomic E-state index is -1.01. The second kappa shape index (κ2) is 5.04. The second-order valence-corrected chi connectivity index (χ2v) is 3.66. The molecule has 0 bridgehead atoms. The van der Waals surface area contributed by atoms with Crippen molar-refractivity contribution < 1.29 is 9.90 Å². The summed E-state index contributed by atoms with van der Waals surface area (Å²) in [5.41, 5.74) is 13.5. The van der Waals surface area contributed by atoms with E-state index in [1.807, 2.05) is 12.1 Å². The van der Waals surface area contributed by atoms with Crippen LogP contribution in [0, 0.1) is 0 Å². The van der Waals surface area contributed by atoms with Crippen LogP contribution in [0.4, 0.5) is 5.69 Å². The molecule has 0 unspecified atom stereocenters. The van der Waals surface area contributed by atoms with Crippen molar-refractivity contribution in [3.63, 3.8) is 0 Å². The minimum absolute atomic E-state index is 0.284. The summed E-state index contributed by atoms with van der Waals surface area (Å²) in [6, 6.07) is 4.52. The Labute approximate surface area is 93.7 Å². The Morgan fingerprint density at radius 3 is 2.67 bits per heavy atom. The van der Waals surface area contributed by atoms with E-state index in [1.54, 1.807) is 6.07 Å². The summed E-state index contributed by atoms with van der Waals surface area (Å²) in [5, 5.41) is 8.64. The van der Waals surface area contributed by atoms with Crippen LogP contribution in [0.3, 0.4) is 0 Å². The number of nitrogen functional groups attached to an aromatic ring is 1. The van der Waals surface area contributed by atoms with Crippen LogP contribution in [0.25, 0.3) is 0 Å². The Morgan fingerprint density at radius 1 is 1.53 bits per heavy atom. The largest absolute Gasteiger partial charge is 0.480 e. The number of carbonyl (C=O) groups is 1. The first-order valence-corrected chi connectivity index (χ1v) is 5.14. The first kappa shape index (κ1) is 11.9. The van der Waals surface area contributed by atoms with Gasteiger partial charge in [0.25, 0.3) is 0 Å². The molecular weight excluding hydrogens is 212 g/mol. The van der Waals surface area contributed by atoms with Gasteiger partial charge in [-0.1, -0.05) is 12.1 Å². The van der Waals surface area contributed by atoms with Crippen LogP contribution in [-0.2, 0) is 17.0 Å². The van der Waals surface area contributed by atoms with Crippen molar-refractivity contribution in [3.8, 4) is 0 Å². The maximum Gasteiger partial charge on any atom is 0.320 e. The van der Waals surface area contributed by atoms with Crippen molar-refractivity contribution in [1.82, 2.24) is 0 Å². The van der Waals surface area contributed by atoms with Gasteiger partial charge in [-0.3, -0.25) is 4.79 Å². The lowest BCUT2D eigenvalue weighted by Gasteiger charge is -2.09. The van der Waals surface area contributed by atoms with Gasteiger partial charge in [0, 0.05) is 11.4 Å². The van der Waals surface area contributed by atoms with Gasteiger partial charge in [-0.15, -0.1) is 0 Å². The molecule has 0 aliphatic heterocycles. The molecular formula is C10H14N2O2S. The fourth-order valence-electron chi connectivity index (χ4n) is 1.26. The topological polar surface area (TPSA) is 89.3 Å². The van der Waals surface area contributed by atoms with Crippen molar-refractivity contribution in [3.05, 3.63) is 29.3 Å². The summed E-state index contributed by atoms with van der Waals surface area (Å²) in [6.45, 7) is 0. The van der Waals surface area contributed by atoms with Gasteiger partial charge in [0.15, 0.2) is 0 Å². The van der Waals surface area contributed by atoms with Gasteiger partial charge >= 0.3 is 5.97 Å². The van der Waals surface area contributed by atoms with Crippen molar-refractivity contribution in [2.45, 2.75) is 18.2 Å². The van der Waals surface area contributed by atoms with Crippen molar-refractivity contribution in [2.24, 2.45) is 5.73 Å². The van der Waals surface area contributed by atoms with E-state index < -0.39 is 12.0 Å². The number of rotatable bonds is 4. The number of hydrogen-bond donors (Lipinski definition) is 4. The maximum atomic E-state index is 10.5. The molecule has 0 aliphatic rings. The molecule has 0 heterocycles. The SMILES string of the molecule is Nc1cc(C[C@H](N)C(=O)O)ccc1CS. The normalized spacial score (nSPS) is 12.4. The quantitative estimate of drug-likeness (QED) is 0.448. The van der Waals surface area contributed by atoms with E-state index in [-0.39, 0.29) is 6.42 Å². The van der Waals surface area contributed by atoms with Crippen molar-refractivity contribution in [2.75, 3.05) is 5.73 Å². The summed E-state index contributed by atoms with van der Waals surface area (Å²) in [5.74, 6) is -0.441. The van der Waals surface area contributed by atoms with E-state index in [0.717, 1.165) is 11.1 Å². The number of benzene rings is 1. The molecule has 15 heavy (non-hydrogen) atoms. The molecule has 0 aromatic heterocycles. The third-order valence-corrected chi connectivity index (χ3v) is 2.49. The number of hydrogen-bond acceptors (Lipinski definition) is 4. The first-order valence-electron chi connectivity index (χ1n) is 4.51. The molecule has 0 amide bonds. The molecule has 1 atom stereocenters. The Morgan fingerprint density at radius 2 is 2.20 bits per heavy atom. The highest BCUT2D eigenvalue weighted by Gasteiger charge is 2.12. The molecule has 82 valence electrons. The predicted octanol–water partition coefficient (Wildman–Crippen LogP) is 0.653. The molecule has 0 saturated heterocycles. The number of carboxylic acids is 1. The van der Waals surface area contributed by atoms with Gasteiger partial charge in [0.2, 0.25) is 0 Å². The Hall–Kier alpha value is -1.20. The highest BCUT2D eigenvalue weighted by Crippen LogP contribution is 2.16. The zero-order chi connectivity index (χ0) is 11.4. The van der Waals surface area contributed by atoms with E-state index in [4.69, 9.17) is 16.6 Å². The summed E-state index contributed by atoms with van der Waals surface area (Å²) in [6.07, 6.45) is 0.284. The molecule has 1 rings (SSSR count). The average molecular weight is 226 g/mol. The number of nitrogens with two attached hydrogens (primary N) is 2. The van der Waals surface area contributed by atoms with Gasteiger partial charge in [0.05, 0.1) is 0 Å². The third kappa shape index (κ3) is 3.14. The lowest BCUT2D eigenvalue weighted by atomic mass is 10.0. The average Bonchev–Trinajstić information content (AvgIpc) is 2.18. The zero-order valence-electron chi connectivity index (χ0n) is 8.18. The smallest absolute Gasteiger partial charge is 0.320 e. The van der Waals surface area contributed by atoms with Crippen LogP contribution < -0.4 is 11.5 Å². The molecule has 0 saturated carbocycles. The summed E-state index contributed by atoms with van der Waals surface area (Å²) in [4.78, 5) is 10.5. The lowest BCUT2D eigenvalue weighted by molar-refractivity contribution is -0.138. The molecule has 5 N–H and O–H groups in total. The lowest BCUT2D eigenvalue weighted by Crippen LogP contribution is -2.32. The van der Waals surface area contributed by atoms with Gasteiger partial charge < -0.3 is 16.6 Å². The van der Waals surface area contributed by atoms with Gasteiger partial charge in [-0.2, -0.15) is 12.6 Å². The predicted molar refractivity (Wildman–Crippen MR) is 62.9 cm³/mol. The van der Waals surface area contributed by atoms with Crippen molar-refractivity contribution >= 4 is 24.3 Å². The number of carboxylic acid groups (broad SMARTS) is 1. The van der Waals surface area contributed by atoms with Crippen LogP contribution >= 0.6 is 12.6 Å². The van der Waals surface area contributed by atoms with Crippen molar-refractivity contribution in [1.29, 1.82) is 0 Å². The van der Waals surface area contributed by atoms with Crippen LogP contribution in [0.1, 0.15) is 11.1 Å². The Kier molecular flexibility index (Phi) is 3.99. The van der Waals surface area contributed by atoms with Crippen LogP contribution in [0.5, 0.6) is 0 Å². The van der Waals surface area contributed by atoms with Crippen LogP contribution in [0.2, 0.25) is 0 Å². The number of aliphatic carboxylic acids is 1. The fraction of sp³-hybridized carbons (Fsp3) is 0.300. The fourth-order valence-corrected chi connectivity index (χ4v) is 1.54. The van der Waals surface area contributed by atoms with E-state index in [1.165, 1.54) is 0 Å². The molecule has 1 aromatic carbocycles. The molecule has 5 heteroatoms. The van der Waals surface area contributed by atoms with Gasteiger partial charge in [-0.05, 0) is 23.6 Å². The summed E-state index contributed by atoms with van der Waals surface area (Å²) >= 11 is 4.12. The highest BCUT2D eigenvalue weighted by atomic mass is 32.1. The van der Waals surface area contributed by atoms with E-state index >= 15 is 0 Å². The molecule has 0 radical (unpaired) electrons. The Bertz CT molecular complexity index is 368. The molecule has 0 fully saturated rings. The maximum absolute atomic E-state index is 10.5. The number of thiol groups is 1. The van der Waals surface area contributed by atoms with E-state index in [2.05, 4.69) is 12.6 Å². The number of anilines is 1. The highest BCUT2D eigenvalue weighted by molar-refractivity contribution is 7.79. The molecule has 0 spiro atoms. The monoisotopic (exact) mass is 226 g/mol. The second-order valence-electron chi connectivity index (χ2n) is 3.34. The zero-order valence-corrected chi connectivity index (χ0v) is 9.08. The first-order chi connectivity index (χ1) is 7.04. The third-order valence-electron chi connectivity index (χ3n) is 2.15. The van der Waals surface area contributed by atoms with Crippen LogP contribution in [-0.4, -0.2) is 17.1 Å². The molecule has 4 nitrogen and oxygen atoms in total. The molecule has 0 aliphatic carbocycles. The van der Waals surface area contributed by atoms with Gasteiger partial charge in [-0.25, -0.2) is 0 Å². The van der Waals surface area contributed by atoms with E-state index in [9.17, 15) is 4.79 Å². The van der Waals surface area contributed by atoms with E-state index in [0.29, 0.717) is 11.4 Å². The molecule has 1 aromatic rings. The Balaban J connectivity index is 2.79. The minimum Gasteiger partial charge on any atom is -0.480 e. The summed E-state index contributed by atoms with van der Waals surface area (Å²) < 4.78 is 0. The summed E-state index contributed by atoms with van der Waals surface area (Å²) in [7, 11) is 0.